The fourth-order valence-electron chi connectivity index (χ4n) is 3.12. The highest BCUT2D eigenvalue weighted by molar-refractivity contribution is 5.66. The Morgan fingerprint density at radius 1 is 1.57 bits per heavy atom. The van der Waals surface area contributed by atoms with E-state index in [1.807, 2.05) is 6.92 Å². The molecule has 0 aliphatic carbocycles. The molecule has 2 aliphatic rings. The van der Waals surface area contributed by atoms with Crippen molar-refractivity contribution in [2.24, 2.45) is 5.92 Å². The predicted molar refractivity (Wildman–Crippen MR) is 72.7 cm³/mol. The van der Waals surface area contributed by atoms with E-state index >= 15 is 0 Å². The van der Waals surface area contributed by atoms with Crippen LogP contribution in [-0.2, 0) is 16.0 Å². The third kappa shape index (κ3) is 3.41. The number of aromatic nitrogens is 2. The van der Waals surface area contributed by atoms with Crippen LogP contribution < -0.4 is 0 Å². The van der Waals surface area contributed by atoms with E-state index in [-0.39, 0.29) is 18.4 Å². The van der Waals surface area contributed by atoms with E-state index < -0.39 is 5.97 Å². The lowest BCUT2D eigenvalue weighted by molar-refractivity contribution is -0.137. The van der Waals surface area contributed by atoms with Crippen LogP contribution in [0.5, 0.6) is 0 Å². The summed E-state index contributed by atoms with van der Waals surface area (Å²) in [7, 11) is 0. The standard InChI is InChI=1S/C14H21N3O4/c1-9(6-13(18)19)5-12-15-14(16-21-12)11-7-17-4-2-3-10(17)8-20-11/h9-11H,2-8H2,1H3,(H,18,19). The first kappa shape index (κ1) is 14.5. The van der Waals surface area contributed by atoms with E-state index in [0.717, 1.165) is 19.7 Å². The van der Waals surface area contributed by atoms with Crippen LogP contribution in [0.3, 0.4) is 0 Å². The smallest absolute Gasteiger partial charge is 0.303 e. The van der Waals surface area contributed by atoms with E-state index in [2.05, 4.69) is 15.0 Å². The number of nitrogens with zero attached hydrogens (tertiary/aromatic N) is 3. The first-order chi connectivity index (χ1) is 10.1. The lowest BCUT2D eigenvalue weighted by Gasteiger charge is -2.33. The highest BCUT2D eigenvalue weighted by Crippen LogP contribution is 2.28. The average Bonchev–Trinajstić information content (AvgIpc) is 3.04. The molecule has 3 rings (SSSR count). The zero-order valence-electron chi connectivity index (χ0n) is 12.2. The van der Waals surface area contributed by atoms with Crippen molar-refractivity contribution in [2.45, 2.75) is 44.8 Å². The molecule has 0 saturated carbocycles. The molecule has 0 radical (unpaired) electrons. The fraction of sp³-hybridized carbons (Fsp3) is 0.786. The number of aliphatic carboxylic acids is 1. The molecule has 3 heterocycles. The van der Waals surface area contributed by atoms with Crippen LogP contribution in [0.4, 0.5) is 0 Å². The van der Waals surface area contributed by atoms with Gasteiger partial charge in [0.25, 0.3) is 0 Å². The van der Waals surface area contributed by atoms with E-state index in [4.69, 9.17) is 14.4 Å². The van der Waals surface area contributed by atoms with E-state index in [0.29, 0.717) is 24.2 Å². The van der Waals surface area contributed by atoms with E-state index in [1.54, 1.807) is 0 Å². The topological polar surface area (TPSA) is 88.7 Å². The Kier molecular flexibility index (Phi) is 4.21. The number of rotatable bonds is 5. The molecule has 2 fully saturated rings. The molecule has 3 unspecified atom stereocenters. The Bertz CT molecular complexity index is 504. The summed E-state index contributed by atoms with van der Waals surface area (Å²) in [5.74, 6) is 0.243. The van der Waals surface area contributed by atoms with Crippen molar-refractivity contribution in [1.82, 2.24) is 15.0 Å². The van der Waals surface area contributed by atoms with Gasteiger partial charge in [-0.3, -0.25) is 9.69 Å². The van der Waals surface area contributed by atoms with Gasteiger partial charge in [0.1, 0.15) is 6.10 Å². The summed E-state index contributed by atoms with van der Waals surface area (Å²) < 4.78 is 11.1. The average molecular weight is 295 g/mol. The molecular weight excluding hydrogens is 274 g/mol. The number of hydrogen-bond acceptors (Lipinski definition) is 6. The molecular formula is C14H21N3O4. The zero-order chi connectivity index (χ0) is 14.8. The summed E-state index contributed by atoms with van der Waals surface area (Å²) in [5, 5.41) is 12.8. The molecule has 0 spiro atoms. The second-order valence-electron chi connectivity index (χ2n) is 6.07. The molecule has 2 saturated heterocycles. The summed E-state index contributed by atoms with van der Waals surface area (Å²) >= 11 is 0. The van der Waals surface area contributed by atoms with Gasteiger partial charge in [-0.25, -0.2) is 0 Å². The van der Waals surface area contributed by atoms with Crippen LogP contribution in [0.15, 0.2) is 4.52 Å². The third-order valence-electron chi connectivity index (χ3n) is 4.21. The van der Waals surface area contributed by atoms with Gasteiger partial charge in [0.2, 0.25) is 11.7 Å². The van der Waals surface area contributed by atoms with Crippen molar-refractivity contribution in [1.29, 1.82) is 0 Å². The fourth-order valence-corrected chi connectivity index (χ4v) is 3.12. The van der Waals surface area contributed by atoms with E-state index in [1.165, 1.54) is 12.8 Å². The van der Waals surface area contributed by atoms with Crippen LogP contribution in [0, 0.1) is 5.92 Å². The van der Waals surface area contributed by atoms with Gasteiger partial charge in [-0.15, -0.1) is 0 Å². The van der Waals surface area contributed by atoms with Gasteiger partial charge in [-0.2, -0.15) is 4.98 Å². The number of hydrogen-bond donors (Lipinski definition) is 1. The number of carboxylic acid groups (broad SMARTS) is 1. The largest absolute Gasteiger partial charge is 0.481 e. The van der Waals surface area contributed by atoms with Crippen LogP contribution in [0.1, 0.15) is 44.0 Å². The molecule has 21 heavy (non-hydrogen) atoms. The summed E-state index contributed by atoms with van der Waals surface area (Å²) in [4.78, 5) is 17.5. The van der Waals surface area contributed by atoms with Gasteiger partial charge in [-0.1, -0.05) is 12.1 Å². The molecule has 2 aliphatic heterocycles. The summed E-state index contributed by atoms with van der Waals surface area (Å²) in [6.45, 7) is 4.52. The zero-order valence-corrected chi connectivity index (χ0v) is 12.2. The lowest BCUT2D eigenvalue weighted by Crippen LogP contribution is -2.42. The second kappa shape index (κ2) is 6.11. The van der Waals surface area contributed by atoms with Gasteiger partial charge in [-0.05, 0) is 25.3 Å². The van der Waals surface area contributed by atoms with Crippen LogP contribution in [-0.4, -0.2) is 51.9 Å². The van der Waals surface area contributed by atoms with Crippen LogP contribution >= 0.6 is 0 Å². The molecule has 3 atom stereocenters. The van der Waals surface area contributed by atoms with Gasteiger partial charge in [0.15, 0.2) is 0 Å². The number of fused-ring (bicyclic) bond motifs is 1. The second-order valence-corrected chi connectivity index (χ2v) is 6.07. The Balaban J connectivity index is 1.58. The first-order valence-electron chi connectivity index (χ1n) is 7.51. The summed E-state index contributed by atoms with van der Waals surface area (Å²) in [6.07, 6.45) is 2.89. The molecule has 1 aromatic rings. The minimum atomic E-state index is -0.807. The maximum Gasteiger partial charge on any atom is 0.303 e. The number of carbonyl (C=O) groups is 1. The molecule has 0 amide bonds. The maximum atomic E-state index is 10.7. The SMILES string of the molecule is CC(CC(=O)O)Cc1nc(C2CN3CCCC3CO2)no1. The third-order valence-corrected chi connectivity index (χ3v) is 4.21. The molecule has 116 valence electrons. The van der Waals surface area contributed by atoms with Crippen LogP contribution in [0.2, 0.25) is 0 Å². The first-order valence-corrected chi connectivity index (χ1v) is 7.51. The molecule has 1 aromatic heterocycles. The normalized spacial score (nSPS) is 27.5. The monoisotopic (exact) mass is 295 g/mol. The number of carboxylic acids is 1. The number of ether oxygens (including phenoxy) is 1. The van der Waals surface area contributed by atoms with Crippen molar-refractivity contribution < 1.29 is 19.2 Å². The number of morpholine rings is 1. The Morgan fingerprint density at radius 3 is 3.24 bits per heavy atom. The van der Waals surface area contributed by atoms with Crippen LogP contribution in [0.25, 0.3) is 0 Å². The van der Waals surface area contributed by atoms with Crippen molar-refractivity contribution in [2.75, 3.05) is 19.7 Å². The molecule has 0 aromatic carbocycles. The van der Waals surface area contributed by atoms with Crippen molar-refractivity contribution >= 4 is 5.97 Å². The maximum absolute atomic E-state index is 10.7. The van der Waals surface area contributed by atoms with Crippen molar-refractivity contribution in [3.8, 4) is 0 Å². The van der Waals surface area contributed by atoms with Crippen molar-refractivity contribution in [3.63, 3.8) is 0 Å². The molecule has 0 bridgehead atoms. The lowest BCUT2D eigenvalue weighted by atomic mass is 10.0. The van der Waals surface area contributed by atoms with Gasteiger partial charge in [0.05, 0.1) is 6.61 Å². The van der Waals surface area contributed by atoms with Crippen molar-refractivity contribution in [3.05, 3.63) is 11.7 Å². The Hall–Kier alpha value is -1.47. The minimum Gasteiger partial charge on any atom is -0.481 e. The van der Waals surface area contributed by atoms with Gasteiger partial charge >= 0.3 is 5.97 Å². The Labute approximate surface area is 123 Å². The predicted octanol–water partition coefficient (Wildman–Crippen LogP) is 1.26. The summed E-state index contributed by atoms with van der Waals surface area (Å²) in [5.41, 5.74) is 0. The quantitative estimate of drug-likeness (QED) is 0.874. The molecule has 1 N–H and O–H groups in total. The molecule has 7 nitrogen and oxygen atoms in total. The van der Waals surface area contributed by atoms with E-state index in [9.17, 15) is 4.79 Å². The molecule has 7 heteroatoms. The Morgan fingerprint density at radius 2 is 2.43 bits per heavy atom. The highest BCUT2D eigenvalue weighted by atomic mass is 16.5. The summed E-state index contributed by atoms with van der Waals surface area (Å²) in [6, 6.07) is 0.545. The highest BCUT2D eigenvalue weighted by Gasteiger charge is 2.34. The van der Waals surface area contributed by atoms with Gasteiger partial charge < -0.3 is 14.4 Å². The van der Waals surface area contributed by atoms with Gasteiger partial charge in [0, 0.05) is 25.4 Å². The minimum absolute atomic E-state index is 0.0222.